The lowest BCUT2D eigenvalue weighted by molar-refractivity contribution is 0.224. The molecule has 1 atom stereocenters. The van der Waals surface area contributed by atoms with Gasteiger partial charge in [0, 0.05) is 35.5 Å². The molecule has 2 aromatic rings. The summed E-state index contributed by atoms with van der Waals surface area (Å²) in [6.07, 6.45) is 6.38. The molecule has 20 heavy (non-hydrogen) atoms. The first-order valence-corrected chi connectivity index (χ1v) is 7.32. The number of pyridine rings is 1. The summed E-state index contributed by atoms with van der Waals surface area (Å²) in [7, 11) is 0. The van der Waals surface area contributed by atoms with E-state index < -0.39 is 0 Å². The Balaban J connectivity index is 1.65. The summed E-state index contributed by atoms with van der Waals surface area (Å²) in [5.74, 6) is 1.57. The highest BCUT2D eigenvalue weighted by Crippen LogP contribution is 2.22. The molecule has 5 nitrogen and oxygen atoms in total. The van der Waals surface area contributed by atoms with Gasteiger partial charge in [0.1, 0.15) is 11.9 Å². The number of anilines is 1. The van der Waals surface area contributed by atoms with Gasteiger partial charge in [-0.2, -0.15) is 0 Å². The Morgan fingerprint density at radius 3 is 3.10 bits per heavy atom. The number of aromatic nitrogens is 3. The van der Waals surface area contributed by atoms with Gasteiger partial charge >= 0.3 is 0 Å². The van der Waals surface area contributed by atoms with E-state index in [1.165, 1.54) is 0 Å². The molecule has 104 valence electrons. The van der Waals surface area contributed by atoms with Crippen molar-refractivity contribution in [1.82, 2.24) is 15.0 Å². The number of hydrogen-bond donors (Lipinski definition) is 0. The molecule has 0 spiro atoms. The molecular formula is C14H15BrN4O. The second-order valence-corrected chi connectivity index (χ2v) is 5.73. The molecule has 1 unspecified atom stereocenters. The largest absolute Gasteiger partial charge is 0.487 e. The number of ether oxygens (including phenoxy) is 1. The van der Waals surface area contributed by atoms with Crippen LogP contribution in [0.1, 0.15) is 12.1 Å². The van der Waals surface area contributed by atoms with E-state index in [0.717, 1.165) is 41.4 Å². The van der Waals surface area contributed by atoms with Crippen molar-refractivity contribution in [2.45, 2.75) is 19.4 Å². The third-order valence-electron chi connectivity index (χ3n) is 3.19. The van der Waals surface area contributed by atoms with Crippen molar-refractivity contribution in [2.75, 3.05) is 18.0 Å². The molecule has 1 aliphatic heterocycles. The van der Waals surface area contributed by atoms with Gasteiger partial charge in [-0.3, -0.25) is 4.98 Å². The average molecular weight is 335 g/mol. The van der Waals surface area contributed by atoms with Gasteiger partial charge in [0.2, 0.25) is 5.95 Å². The van der Waals surface area contributed by atoms with Crippen molar-refractivity contribution >= 4 is 21.9 Å². The zero-order valence-electron chi connectivity index (χ0n) is 11.2. The van der Waals surface area contributed by atoms with E-state index in [-0.39, 0.29) is 6.10 Å². The first-order chi connectivity index (χ1) is 9.70. The Bertz CT molecular complexity index is 607. The maximum absolute atomic E-state index is 5.95. The molecule has 2 aromatic heterocycles. The third kappa shape index (κ3) is 3.07. The minimum Gasteiger partial charge on any atom is -0.487 e. The van der Waals surface area contributed by atoms with Crippen LogP contribution in [0.2, 0.25) is 0 Å². The molecule has 0 radical (unpaired) electrons. The van der Waals surface area contributed by atoms with Crippen molar-refractivity contribution in [3.8, 4) is 5.75 Å². The zero-order valence-corrected chi connectivity index (χ0v) is 12.7. The number of nitrogens with zero attached hydrogens (tertiary/aromatic N) is 4. The van der Waals surface area contributed by atoms with E-state index in [0.29, 0.717) is 0 Å². The molecule has 1 saturated heterocycles. The minimum absolute atomic E-state index is 0.148. The van der Waals surface area contributed by atoms with E-state index in [1.54, 1.807) is 18.6 Å². The normalized spacial score (nSPS) is 18.3. The van der Waals surface area contributed by atoms with E-state index in [2.05, 4.69) is 35.8 Å². The van der Waals surface area contributed by atoms with Crippen LogP contribution in [0.5, 0.6) is 5.75 Å². The number of rotatable bonds is 3. The van der Waals surface area contributed by atoms with Crippen LogP contribution in [0.15, 0.2) is 35.2 Å². The quantitative estimate of drug-likeness (QED) is 0.863. The summed E-state index contributed by atoms with van der Waals surface area (Å²) >= 11 is 3.40. The van der Waals surface area contributed by atoms with Crippen molar-refractivity contribution < 1.29 is 4.74 Å². The summed E-state index contributed by atoms with van der Waals surface area (Å²) in [5.41, 5.74) is 0.982. The fraction of sp³-hybridized carbons (Fsp3) is 0.357. The van der Waals surface area contributed by atoms with E-state index in [4.69, 9.17) is 4.74 Å². The number of halogens is 1. The molecule has 0 aliphatic carbocycles. The van der Waals surface area contributed by atoms with Crippen LogP contribution in [-0.2, 0) is 0 Å². The van der Waals surface area contributed by atoms with Crippen LogP contribution in [-0.4, -0.2) is 34.1 Å². The maximum Gasteiger partial charge on any atom is 0.225 e. The van der Waals surface area contributed by atoms with Gasteiger partial charge in [0.25, 0.3) is 0 Å². The number of aryl methyl sites for hydroxylation is 1. The highest BCUT2D eigenvalue weighted by Gasteiger charge is 2.25. The highest BCUT2D eigenvalue weighted by molar-refractivity contribution is 9.10. The van der Waals surface area contributed by atoms with Crippen LogP contribution in [0, 0.1) is 6.92 Å². The van der Waals surface area contributed by atoms with E-state index in [1.807, 2.05) is 19.1 Å². The highest BCUT2D eigenvalue weighted by atomic mass is 79.9. The van der Waals surface area contributed by atoms with Crippen molar-refractivity contribution in [3.63, 3.8) is 0 Å². The summed E-state index contributed by atoms with van der Waals surface area (Å²) in [6, 6.07) is 3.83. The van der Waals surface area contributed by atoms with Crippen LogP contribution < -0.4 is 9.64 Å². The summed E-state index contributed by atoms with van der Waals surface area (Å²) in [6.45, 7) is 3.69. The molecule has 3 heterocycles. The Morgan fingerprint density at radius 1 is 1.40 bits per heavy atom. The molecule has 1 fully saturated rings. The molecule has 0 aromatic carbocycles. The standard InChI is InChI=1S/C14H15BrN4O/c1-10-2-4-17-14(18-10)19-5-3-12(9-19)20-13-6-11(15)7-16-8-13/h2,4,6-8,12H,3,5,9H2,1H3. The summed E-state index contributed by atoms with van der Waals surface area (Å²) in [4.78, 5) is 15.0. The van der Waals surface area contributed by atoms with Gasteiger partial charge in [-0.25, -0.2) is 9.97 Å². The van der Waals surface area contributed by atoms with Gasteiger partial charge in [-0.1, -0.05) is 0 Å². The number of hydrogen-bond acceptors (Lipinski definition) is 5. The van der Waals surface area contributed by atoms with Crippen molar-refractivity contribution in [2.24, 2.45) is 0 Å². The van der Waals surface area contributed by atoms with E-state index >= 15 is 0 Å². The Morgan fingerprint density at radius 2 is 2.30 bits per heavy atom. The van der Waals surface area contributed by atoms with Gasteiger partial charge in [0.05, 0.1) is 12.7 Å². The fourth-order valence-corrected chi connectivity index (χ4v) is 2.59. The van der Waals surface area contributed by atoms with Gasteiger partial charge in [-0.15, -0.1) is 0 Å². The summed E-state index contributed by atoms with van der Waals surface area (Å²) in [5, 5.41) is 0. The van der Waals surface area contributed by atoms with Gasteiger partial charge < -0.3 is 9.64 Å². The Labute approximate surface area is 126 Å². The maximum atomic E-state index is 5.95. The smallest absolute Gasteiger partial charge is 0.225 e. The first kappa shape index (κ1) is 13.3. The van der Waals surface area contributed by atoms with Gasteiger partial charge in [0.15, 0.2) is 0 Å². The van der Waals surface area contributed by atoms with Crippen LogP contribution in [0.3, 0.4) is 0 Å². The molecule has 0 bridgehead atoms. The summed E-state index contributed by atoms with van der Waals surface area (Å²) < 4.78 is 6.87. The molecule has 0 saturated carbocycles. The third-order valence-corrected chi connectivity index (χ3v) is 3.63. The topological polar surface area (TPSA) is 51.1 Å². The minimum atomic E-state index is 0.148. The molecule has 3 rings (SSSR count). The monoisotopic (exact) mass is 334 g/mol. The predicted molar refractivity (Wildman–Crippen MR) is 80.0 cm³/mol. The Kier molecular flexibility index (Phi) is 3.82. The van der Waals surface area contributed by atoms with Crippen molar-refractivity contribution in [1.29, 1.82) is 0 Å². The van der Waals surface area contributed by atoms with Gasteiger partial charge in [-0.05, 0) is 35.0 Å². The SMILES string of the molecule is Cc1ccnc(N2CCC(Oc3cncc(Br)c3)C2)n1. The van der Waals surface area contributed by atoms with Crippen LogP contribution >= 0.6 is 15.9 Å². The average Bonchev–Trinajstić information content (AvgIpc) is 2.87. The second-order valence-electron chi connectivity index (χ2n) is 4.81. The van der Waals surface area contributed by atoms with Crippen molar-refractivity contribution in [3.05, 3.63) is 40.9 Å². The lowest BCUT2D eigenvalue weighted by atomic mass is 10.3. The van der Waals surface area contributed by atoms with Crippen LogP contribution in [0.4, 0.5) is 5.95 Å². The second kappa shape index (κ2) is 5.75. The lowest BCUT2D eigenvalue weighted by Crippen LogP contribution is -2.26. The zero-order chi connectivity index (χ0) is 13.9. The molecule has 6 heteroatoms. The molecule has 0 N–H and O–H groups in total. The Hall–Kier alpha value is -1.69. The predicted octanol–water partition coefficient (Wildman–Crippen LogP) is 2.60. The molecule has 0 amide bonds. The lowest BCUT2D eigenvalue weighted by Gasteiger charge is -2.17. The fourth-order valence-electron chi connectivity index (χ4n) is 2.24. The van der Waals surface area contributed by atoms with E-state index in [9.17, 15) is 0 Å². The first-order valence-electron chi connectivity index (χ1n) is 6.52. The van der Waals surface area contributed by atoms with Crippen LogP contribution in [0.25, 0.3) is 0 Å². The molecule has 1 aliphatic rings. The molecular weight excluding hydrogens is 320 g/mol.